The van der Waals surface area contributed by atoms with Gasteiger partial charge in [0.1, 0.15) is 0 Å². The van der Waals surface area contributed by atoms with Crippen molar-refractivity contribution in [2.45, 2.75) is 0 Å². The zero-order valence-corrected chi connectivity index (χ0v) is 16.3. The van der Waals surface area contributed by atoms with Crippen molar-refractivity contribution in [3.8, 4) is 11.5 Å². The molecule has 8 heteroatoms. The first-order valence-corrected chi connectivity index (χ1v) is 9.08. The van der Waals surface area contributed by atoms with E-state index < -0.39 is 5.97 Å². The molecule has 1 aliphatic rings. The van der Waals surface area contributed by atoms with Crippen LogP contribution in [0, 0.1) is 0 Å². The number of amides is 2. The van der Waals surface area contributed by atoms with Crippen LogP contribution in [0.4, 0.5) is 0 Å². The molecule has 0 unspecified atom stereocenters. The van der Waals surface area contributed by atoms with Gasteiger partial charge in [0, 0.05) is 37.3 Å². The number of benzene rings is 2. The van der Waals surface area contributed by atoms with Crippen molar-refractivity contribution in [3.63, 3.8) is 0 Å². The van der Waals surface area contributed by atoms with E-state index in [1.165, 1.54) is 38.5 Å². The van der Waals surface area contributed by atoms with Gasteiger partial charge in [0.05, 0.1) is 19.8 Å². The highest BCUT2D eigenvalue weighted by molar-refractivity contribution is 5.97. The average Bonchev–Trinajstić information content (AvgIpc) is 2.77. The molecule has 2 aromatic rings. The molecule has 0 aromatic heterocycles. The van der Waals surface area contributed by atoms with Crippen LogP contribution < -0.4 is 9.47 Å². The predicted octanol–water partition coefficient (Wildman–Crippen LogP) is 2.00. The molecule has 1 saturated heterocycles. The van der Waals surface area contributed by atoms with Crippen molar-refractivity contribution in [2.75, 3.05) is 40.4 Å². The van der Waals surface area contributed by atoms with Crippen LogP contribution >= 0.6 is 0 Å². The van der Waals surface area contributed by atoms with Gasteiger partial charge >= 0.3 is 5.97 Å². The van der Waals surface area contributed by atoms with E-state index in [2.05, 4.69) is 0 Å². The van der Waals surface area contributed by atoms with E-state index in [-0.39, 0.29) is 17.4 Å². The maximum Gasteiger partial charge on any atom is 0.335 e. The lowest BCUT2D eigenvalue weighted by molar-refractivity contribution is 0.0535. The molecular weight excluding hydrogens is 376 g/mol. The third-order valence-electron chi connectivity index (χ3n) is 4.86. The average molecular weight is 398 g/mol. The molecule has 2 aromatic carbocycles. The number of carbonyl (C=O) groups is 3. The van der Waals surface area contributed by atoms with Gasteiger partial charge in [0.15, 0.2) is 11.5 Å². The van der Waals surface area contributed by atoms with Crippen LogP contribution in [0.25, 0.3) is 0 Å². The van der Waals surface area contributed by atoms with Crippen LogP contribution in [0.15, 0.2) is 42.5 Å². The molecule has 1 heterocycles. The number of carboxylic acids is 1. The monoisotopic (exact) mass is 398 g/mol. The summed E-state index contributed by atoms with van der Waals surface area (Å²) in [6.45, 7) is 1.62. The summed E-state index contributed by atoms with van der Waals surface area (Å²) in [6.07, 6.45) is 0. The Morgan fingerprint density at radius 1 is 0.724 bits per heavy atom. The summed E-state index contributed by atoms with van der Waals surface area (Å²) >= 11 is 0. The Kier molecular flexibility index (Phi) is 6.01. The minimum atomic E-state index is -1.04. The Hall–Kier alpha value is -3.55. The quantitative estimate of drug-likeness (QED) is 0.828. The molecule has 1 fully saturated rings. The van der Waals surface area contributed by atoms with Crippen molar-refractivity contribution in [2.24, 2.45) is 0 Å². The number of hydrogen-bond acceptors (Lipinski definition) is 5. The van der Waals surface area contributed by atoms with Crippen molar-refractivity contribution < 1.29 is 29.0 Å². The molecule has 0 atom stereocenters. The highest BCUT2D eigenvalue weighted by Crippen LogP contribution is 2.28. The van der Waals surface area contributed by atoms with E-state index in [9.17, 15) is 14.4 Å². The molecule has 2 amide bonds. The zero-order chi connectivity index (χ0) is 21.0. The standard InChI is InChI=1S/C21H22N2O6/c1-28-17-8-7-16(13-18(17)29-2)20(25)23-11-9-22(10-12-23)19(24)14-3-5-15(6-4-14)21(26)27/h3-8,13H,9-12H2,1-2H3,(H,26,27). The van der Waals surface area contributed by atoms with Gasteiger partial charge in [-0.3, -0.25) is 9.59 Å². The van der Waals surface area contributed by atoms with Gasteiger partial charge in [-0.05, 0) is 42.5 Å². The molecule has 3 rings (SSSR count). The maximum absolute atomic E-state index is 12.8. The Bertz CT molecular complexity index is 917. The first-order chi connectivity index (χ1) is 13.9. The molecular formula is C21H22N2O6. The summed E-state index contributed by atoms with van der Waals surface area (Å²) in [5, 5.41) is 8.95. The van der Waals surface area contributed by atoms with Gasteiger partial charge in [-0.2, -0.15) is 0 Å². The second-order valence-electron chi connectivity index (χ2n) is 6.54. The Morgan fingerprint density at radius 2 is 1.17 bits per heavy atom. The SMILES string of the molecule is COc1ccc(C(=O)N2CCN(C(=O)c3ccc(C(=O)O)cc3)CC2)cc1OC. The third-order valence-corrected chi connectivity index (χ3v) is 4.86. The Morgan fingerprint density at radius 3 is 1.66 bits per heavy atom. The predicted molar refractivity (Wildman–Crippen MR) is 105 cm³/mol. The smallest absolute Gasteiger partial charge is 0.335 e. The second-order valence-corrected chi connectivity index (χ2v) is 6.54. The highest BCUT2D eigenvalue weighted by Gasteiger charge is 2.26. The first kappa shape index (κ1) is 20.2. The van der Waals surface area contributed by atoms with Crippen molar-refractivity contribution in [1.29, 1.82) is 0 Å². The number of carboxylic acid groups (broad SMARTS) is 1. The number of piperazine rings is 1. The molecule has 0 radical (unpaired) electrons. The number of ether oxygens (including phenoxy) is 2. The second kappa shape index (κ2) is 8.64. The van der Waals surface area contributed by atoms with E-state index in [0.717, 1.165) is 0 Å². The highest BCUT2D eigenvalue weighted by atomic mass is 16.5. The summed E-state index contributed by atoms with van der Waals surface area (Å²) in [5.74, 6) is -0.319. The topological polar surface area (TPSA) is 96.4 Å². The van der Waals surface area contributed by atoms with Crippen LogP contribution in [0.5, 0.6) is 11.5 Å². The lowest BCUT2D eigenvalue weighted by Gasteiger charge is -2.35. The minimum Gasteiger partial charge on any atom is -0.493 e. The van der Waals surface area contributed by atoms with Crippen LogP contribution in [-0.2, 0) is 0 Å². The Labute approximate surface area is 168 Å². The van der Waals surface area contributed by atoms with Gasteiger partial charge in [-0.1, -0.05) is 0 Å². The van der Waals surface area contributed by atoms with Gasteiger partial charge < -0.3 is 24.4 Å². The normalized spacial score (nSPS) is 13.7. The summed E-state index contributed by atoms with van der Waals surface area (Å²) in [4.78, 5) is 39.7. The third kappa shape index (κ3) is 4.31. The molecule has 1 aliphatic heterocycles. The maximum atomic E-state index is 12.8. The van der Waals surface area contributed by atoms with E-state index in [0.29, 0.717) is 48.8 Å². The van der Waals surface area contributed by atoms with Crippen LogP contribution in [0.1, 0.15) is 31.1 Å². The molecule has 8 nitrogen and oxygen atoms in total. The number of nitrogens with zero attached hydrogens (tertiary/aromatic N) is 2. The summed E-state index contributed by atoms with van der Waals surface area (Å²) in [7, 11) is 3.05. The van der Waals surface area contributed by atoms with Crippen molar-refractivity contribution in [1.82, 2.24) is 9.80 Å². The Balaban J connectivity index is 1.63. The minimum absolute atomic E-state index is 0.131. The molecule has 0 spiro atoms. The van der Waals surface area contributed by atoms with E-state index in [1.807, 2.05) is 0 Å². The molecule has 0 bridgehead atoms. The van der Waals surface area contributed by atoms with Gasteiger partial charge in [0.2, 0.25) is 0 Å². The number of aromatic carboxylic acids is 1. The molecule has 0 saturated carbocycles. The molecule has 1 N–H and O–H groups in total. The van der Waals surface area contributed by atoms with Gasteiger partial charge in [-0.15, -0.1) is 0 Å². The molecule has 152 valence electrons. The van der Waals surface area contributed by atoms with E-state index >= 15 is 0 Å². The molecule has 0 aliphatic carbocycles. The van der Waals surface area contributed by atoms with Gasteiger partial charge in [-0.25, -0.2) is 4.79 Å². The zero-order valence-electron chi connectivity index (χ0n) is 16.3. The van der Waals surface area contributed by atoms with Gasteiger partial charge in [0.25, 0.3) is 11.8 Å². The summed E-state index contributed by atoms with van der Waals surface area (Å²) in [5.41, 5.74) is 1.05. The van der Waals surface area contributed by atoms with Crippen LogP contribution in [-0.4, -0.2) is 73.1 Å². The fourth-order valence-corrected chi connectivity index (χ4v) is 3.20. The van der Waals surface area contributed by atoms with E-state index in [1.54, 1.807) is 28.0 Å². The number of rotatable bonds is 5. The fourth-order valence-electron chi connectivity index (χ4n) is 3.20. The molecule has 29 heavy (non-hydrogen) atoms. The first-order valence-electron chi connectivity index (χ1n) is 9.08. The van der Waals surface area contributed by atoms with Crippen molar-refractivity contribution >= 4 is 17.8 Å². The summed E-state index contributed by atoms with van der Waals surface area (Å²) < 4.78 is 10.4. The fraction of sp³-hybridized carbons (Fsp3) is 0.286. The van der Waals surface area contributed by atoms with Crippen LogP contribution in [0.3, 0.4) is 0 Å². The lowest BCUT2D eigenvalue weighted by atomic mass is 10.1. The lowest BCUT2D eigenvalue weighted by Crippen LogP contribution is -2.50. The number of methoxy groups -OCH3 is 2. The largest absolute Gasteiger partial charge is 0.493 e. The number of hydrogen-bond donors (Lipinski definition) is 1. The summed E-state index contributed by atoms with van der Waals surface area (Å²) in [6, 6.07) is 10.8. The van der Waals surface area contributed by atoms with E-state index in [4.69, 9.17) is 14.6 Å². The van der Waals surface area contributed by atoms with Crippen molar-refractivity contribution in [3.05, 3.63) is 59.2 Å². The number of carbonyl (C=O) groups excluding carboxylic acids is 2. The van der Waals surface area contributed by atoms with Crippen LogP contribution in [0.2, 0.25) is 0 Å².